The number of nitrogens with one attached hydrogen (secondary N) is 2. The van der Waals surface area contributed by atoms with Crippen LogP contribution in [0, 0.1) is 5.92 Å². The second-order valence-corrected chi connectivity index (χ2v) is 5.31. The largest absolute Gasteiger partial charge is 0.349 e. The van der Waals surface area contributed by atoms with E-state index in [1.165, 1.54) is 0 Å². The second kappa shape index (κ2) is 5.09. The Morgan fingerprint density at radius 3 is 2.90 bits per heavy atom. The van der Waals surface area contributed by atoms with Crippen molar-refractivity contribution < 1.29 is 4.79 Å². The van der Waals surface area contributed by atoms with Gasteiger partial charge in [0.15, 0.2) is 0 Å². The summed E-state index contributed by atoms with van der Waals surface area (Å²) in [7, 11) is 0. The molecule has 1 unspecified atom stereocenters. The maximum atomic E-state index is 12.1. The normalized spacial score (nSPS) is 16.1. The molecule has 0 bridgehead atoms. The molecule has 1 aliphatic carbocycles. The zero-order chi connectivity index (χ0) is 14.1. The summed E-state index contributed by atoms with van der Waals surface area (Å²) in [5.74, 6) is 0.245. The van der Waals surface area contributed by atoms with E-state index in [4.69, 9.17) is 5.73 Å². The van der Waals surface area contributed by atoms with E-state index in [0.717, 1.165) is 18.2 Å². The van der Waals surface area contributed by atoms with Gasteiger partial charge < -0.3 is 16.0 Å². The van der Waals surface area contributed by atoms with Gasteiger partial charge in [0.05, 0.1) is 0 Å². The molecule has 0 aliphatic heterocycles. The van der Waals surface area contributed by atoms with Crippen molar-refractivity contribution in [2.24, 2.45) is 11.7 Å². The van der Waals surface area contributed by atoms with Crippen LogP contribution >= 0.6 is 0 Å². The molecular weight excluding hydrogens is 254 g/mol. The lowest BCUT2D eigenvalue weighted by atomic mass is 10.1. The van der Waals surface area contributed by atoms with Gasteiger partial charge in [0.25, 0.3) is 11.5 Å². The monoisotopic (exact) mass is 271 g/mol. The van der Waals surface area contributed by atoms with E-state index in [1.54, 1.807) is 18.2 Å². The Balaban J connectivity index is 1.78. The molecule has 1 aliphatic rings. The summed E-state index contributed by atoms with van der Waals surface area (Å²) in [5.41, 5.74) is 5.96. The molecule has 0 saturated heterocycles. The predicted molar refractivity (Wildman–Crippen MR) is 77.6 cm³/mol. The van der Waals surface area contributed by atoms with E-state index < -0.39 is 0 Å². The van der Waals surface area contributed by atoms with Crippen LogP contribution in [0.3, 0.4) is 0 Å². The van der Waals surface area contributed by atoms with Crippen LogP contribution in [0.5, 0.6) is 0 Å². The van der Waals surface area contributed by atoms with Gasteiger partial charge >= 0.3 is 0 Å². The Labute approximate surface area is 116 Å². The summed E-state index contributed by atoms with van der Waals surface area (Å²) in [6, 6.07) is 8.88. The number of nitrogens with two attached hydrogens (primary N) is 1. The number of aromatic nitrogens is 1. The SMILES string of the molecule is NC(CNC(=O)c1cc2ccccc2c(=O)[nH]1)C1CC1. The third kappa shape index (κ3) is 2.58. The predicted octanol–water partition coefficient (Wildman–Crippen LogP) is 0.995. The Kier molecular flexibility index (Phi) is 3.28. The van der Waals surface area contributed by atoms with E-state index >= 15 is 0 Å². The van der Waals surface area contributed by atoms with Gasteiger partial charge in [-0.3, -0.25) is 9.59 Å². The van der Waals surface area contributed by atoms with E-state index in [1.807, 2.05) is 12.1 Å². The van der Waals surface area contributed by atoms with Gasteiger partial charge in [-0.05, 0) is 36.3 Å². The van der Waals surface area contributed by atoms with Crippen molar-refractivity contribution in [2.75, 3.05) is 6.54 Å². The number of aromatic amines is 1. The van der Waals surface area contributed by atoms with E-state index in [-0.39, 0.29) is 23.2 Å². The lowest BCUT2D eigenvalue weighted by molar-refractivity contribution is 0.0945. The summed E-state index contributed by atoms with van der Waals surface area (Å²) in [6.45, 7) is 0.443. The third-order valence-electron chi connectivity index (χ3n) is 3.72. The zero-order valence-corrected chi connectivity index (χ0v) is 11.1. The van der Waals surface area contributed by atoms with Gasteiger partial charge in [-0.2, -0.15) is 0 Å². The fourth-order valence-electron chi connectivity index (χ4n) is 2.33. The molecule has 1 saturated carbocycles. The number of benzene rings is 1. The molecule has 0 spiro atoms. The molecule has 1 heterocycles. The maximum absolute atomic E-state index is 12.1. The number of fused-ring (bicyclic) bond motifs is 1. The molecule has 20 heavy (non-hydrogen) atoms. The number of hydrogen-bond donors (Lipinski definition) is 3. The van der Waals surface area contributed by atoms with Gasteiger partial charge in [-0.1, -0.05) is 18.2 Å². The van der Waals surface area contributed by atoms with E-state index in [2.05, 4.69) is 10.3 Å². The van der Waals surface area contributed by atoms with Crippen molar-refractivity contribution in [1.29, 1.82) is 0 Å². The van der Waals surface area contributed by atoms with Crippen molar-refractivity contribution in [1.82, 2.24) is 10.3 Å². The van der Waals surface area contributed by atoms with Crippen LogP contribution in [0.2, 0.25) is 0 Å². The van der Waals surface area contributed by atoms with Gasteiger partial charge in [-0.25, -0.2) is 0 Å². The van der Waals surface area contributed by atoms with Crippen LogP contribution in [0.15, 0.2) is 35.1 Å². The fourth-order valence-corrected chi connectivity index (χ4v) is 2.33. The first-order valence-electron chi connectivity index (χ1n) is 6.81. The number of hydrogen-bond acceptors (Lipinski definition) is 3. The number of H-pyrrole nitrogens is 1. The molecule has 104 valence electrons. The molecule has 1 atom stereocenters. The molecular formula is C15H17N3O2. The fraction of sp³-hybridized carbons (Fsp3) is 0.333. The maximum Gasteiger partial charge on any atom is 0.267 e. The number of carbonyl (C=O) groups excluding carboxylic acids is 1. The van der Waals surface area contributed by atoms with E-state index in [0.29, 0.717) is 17.8 Å². The molecule has 1 fully saturated rings. The first-order chi connectivity index (χ1) is 9.65. The molecule has 5 nitrogen and oxygen atoms in total. The molecule has 5 heteroatoms. The average molecular weight is 271 g/mol. The van der Waals surface area contributed by atoms with Crippen LogP contribution in [-0.4, -0.2) is 23.5 Å². The number of amides is 1. The Morgan fingerprint density at radius 1 is 1.40 bits per heavy atom. The van der Waals surface area contributed by atoms with E-state index in [9.17, 15) is 9.59 Å². The molecule has 3 rings (SSSR count). The highest BCUT2D eigenvalue weighted by Crippen LogP contribution is 2.31. The highest BCUT2D eigenvalue weighted by atomic mass is 16.2. The Hall–Kier alpha value is -2.14. The molecule has 0 radical (unpaired) electrons. The Morgan fingerprint density at radius 2 is 2.15 bits per heavy atom. The van der Waals surface area contributed by atoms with Gasteiger partial charge in [0, 0.05) is 18.0 Å². The first-order valence-corrected chi connectivity index (χ1v) is 6.81. The quantitative estimate of drug-likeness (QED) is 0.775. The standard InChI is InChI=1S/C15H17N3O2/c16-12(9-5-6-9)8-17-15(20)13-7-10-3-1-2-4-11(10)14(19)18-13/h1-4,7,9,12H,5-6,8,16H2,(H,17,20)(H,18,19). The number of carbonyl (C=O) groups is 1. The van der Waals surface area contributed by atoms with Crippen LogP contribution in [0.4, 0.5) is 0 Å². The average Bonchev–Trinajstić information content (AvgIpc) is 3.29. The molecule has 2 aromatic rings. The van der Waals surface area contributed by atoms with Gasteiger partial charge in [-0.15, -0.1) is 0 Å². The van der Waals surface area contributed by atoms with Crippen LogP contribution < -0.4 is 16.6 Å². The minimum absolute atomic E-state index is 0.00567. The lowest BCUT2D eigenvalue weighted by Gasteiger charge is -2.11. The third-order valence-corrected chi connectivity index (χ3v) is 3.72. The number of pyridine rings is 1. The minimum atomic E-state index is -0.288. The number of rotatable bonds is 4. The van der Waals surface area contributed by atoms with Crippen molar-refractivity contribution in [3.63, 3.8) is 0 Å². The summed E-state index contributed by atoms with van der Waals surface area (Å²) < 4.78 is 0. The summed E-state index contributed by atoms with van der Waals surface area (Å²) in [4.78, 5) is 26.6. The highest BCUT2D eigenvalue weighted by Gasteiger charge is 2.28. The highest BCUT2D eigenvalue weighted by molar-refractivity contribution is 5.96. The lowest BCUT2D eigenvalue weighted by Crippen LogP contribution is -2.39. The van der Waals surface area contributed by atoms with Crippen LogP contribution in [-0.2, 0) is 0 Å². The van der Waals surface area contributed by atoms with Crippen molar-refractivity contribution in [2.45, 2.75) is 18.9 Å². The van der Waals surface area contributed by atoms with Crippen LogP contribution in [0.25, 0.3) is 10.8 Å². The topological polar surface area (TPSA) is 88.0 Å². The summed E-state index contributed by atoms with van der Waals surface area (Å²) in [5, 5.41) is 4.12. The zero-order valence-electron chi connectivity index (χ0n) is 11.1. The molecule has 1 aromatic heterocycles. The molecule has 4 N–H and O–H groups in total. The minimum Gasteiger partial charge on any atom is -0.349 e. The van der Waals surface area contributed by atoms with Crippen molar-refractivity contribution >= 4 is 16.7 Å². The second-order valence-electron chi connectivity index (χ2n) is 5.31. The smallest absolute Gasteiger partial charge is 0.267 e. The van der Waals surface area contributed by atoms with Gasteiger partial charge in [0.1, 0.15) is 5.69 Å². The van der Waals surface area contributed by atoms with Crippen molar-refractivity contribution in [3.8, 4) is 0 Å². The van der Waals surface area contributed by atoms with Crippen LogP contribution in [0.1, 0.15) is 23.3 Å². The molecule has 1 amide bonds. The van der Waals surface area contributed by atoms with Crippen molar-refractivity contribution in [3.05, 3.63) is 46.4 Å². The summed E-state index contributed by atoms with van der Waals surface area (Å²) >= 11 is 0. The Bertz CT molecular complexity index is 704. The van der Waals surface area contributed by atoms with Gasteiger partial charge in [0.2, 0.25) is 0 Å². The molecule has 1 aromatic carbocycles. The summed E-state index contributed by atoms with van der Waals surface area (Å²) in [6.07, 6.45) is 2.29. The first kappa shape index (κ1) is 12.9.